The van der Waals surface area contributed by atoms with E-state index in [0.717, 1.165) is 34.8 Å². The Balaban J connectivity index is 1.91. The molecule has 0 radical (unpaired) electrons. The number of carbonyl (C=O) groups is 1. The zero-order valence-corrected chi connectivity index (χ0v) is 21.5. The molecule has 3 aromatic carbocycles. The largest absolute Gasteiger partial charge is 0.489 e. The summed E-state index contributed by atoms with van der Waals surface area (Å²) in [4.78, 5) is 12.2. The molecule has 0 saturated carbocycles. The number of carboxylic acid groups (broad SMARTS) is 1. The summed E-state index contributed by atoms with van der Waals surface area (Å²) in [6.45, 7) is 2.98. The third-order valence-corrected chi connectivity index (χ3v) is 6.86. The van der Waals surface area contributed by atoms with Crippen molar-refractivity contribution in [3.05, 3.63) is 83.4 Å². The number of carboxylic acids is 1. The minimum absolute atomic E-state index is 0.00575. The number of furan rings is 1. The first-order chi connectivity index (χ1) is 17.8. The molecule has 0 amide bonds. The van der Waals surface area contributed by atoms with Gasteiger partial charge in [-0.1, -0.05) is 12.1 Å². The van der Waals surface area contributed by atoms with Gasteiger partial charge in [0.1, 0.15) is 34.3 Å². The van der Waals surface area contributed by atoms with Crippen molar-refractivity contribution in [1.29, 1.82) is 0 Å². The lowest BCUT2D eigenvalue weighted by Crippen LogP contribution is -2.34. The second-order valence-electron chi connectivity index (χ2n) is 8.96. The van der Waals surface area contributed by atoms with Crippen molar-refractivity contribution in [3.63, 3.8) is 0 Å². The van der Waals surface area contributed by atoms with Crippen LogP contribution in [0.25, 0.3) is 22.3 Å². The molecule has 0 aliphatic heterocycles. The number of aliphatic hydroxyl groups is 1. The molecule has 1 heterocycles. The second kappa shape index (κ2) is 10.4. The Hall–Kier alpha value is -3.96. The first-order valence-corrected chi connectivity index (χ1v) is 13.4. The van der Waals surface area contributed by atoms with Crippen molar-refractivity contribution in [3.8, 4) is 17.1 Å². The molecule has 200 valence electrons. The molecule has 1 unspecified atom stereocenters. The minimum Gasteiger partial charge on any atom is -0.489 e. The first-order valence-electron chi connectivity index (χ1n) is 11.5. The summed E-state index contributed by atoms with van der Waals surface area (Å²) in [5.41, 5.74) is 0.435. The molecule has 1 atom stereocenters. The molecular formula is C27H25F2NO7S. The van der Waals surface area contributed by atoms with E-state index in [4.69, 9.17) is 9.15 Å². The average Bonchev–Trinajstić information content (AvgIpc) is 3.20. The van der Waals surface area contributed by atoms with E-state index in [1.807, 2.05) is 0 Å². The number of ether oxygens (including phenoxy) is 1. The minimum atomic E-state index is -4.01. The van der Waals surface area contributed by atoms with Crippen LogP contribution in [0.5, 0.6) is 5.75 Å². The van der Waals surface area contributed by atoms with Gasteiger partial charge in [0.25, 0.3) is 0 Å². The van der Waals surface area contributed by atoms with Crippen LogP contribution in [0.3, 0.4) is 0 Å². The molecule has 0 saturated heterocycles. The van der Waals surface area contributed by atoms with Gasteiger partial charge in [0.15, 0.2) is 0 Å². The fraction of sp³-hybridized carbons (Fsp3) is 0.222. The number of sulfonamides is 1. The number of anilines is 1. The van der Waals surface area contributed by atoms with Gasteiger partial charge in [-0.05, 0) is 61.9 Å². The van der Waals surface area contributed by atoms with Crippen molar-refractivity contribution >= 4 is 32.6 Å². The fourth-order valence-corrected chi connectivity index (χ4v) is 4.94. The highest BCUT2D eigenvalue weighted by atomic mass is 32.2. The van der Waals surface area contributed by atoms with Gasteiger partial charge in [-0.2, -0.15) is 0 Å². The van der Waals surface area contributed by atoms with E-state index in [1.165, 1.54) is 36.4 Å². The highest BCUT2D eigenvalue weighted by molar-refractivity contribution is 7.92. The van der Waals surface area contributed by atoms with Gasteiger partial charge in [0, 0.05) is 17.0 Å². The topological polar surface area (TPSA) is 117 Å². The molecule has 11 heteroatoms. The Bertz CT molecular complexity index is 1580. The van der Waals surface area contributed by atoms with E-state index in [-0.39, 0.29) is 39.3 Å². The maximum Gasteiger partial charge on any atom is 0.340 e. The number of benzene rings is 3. The van der Waals surface area contributed by atoms with Gasteiger partial charge in [0.05, 0.1) is 30.7 Å². The lowest BCUT2D eigenvalue weighted by atomic mass is 10.0. The van der Waals surface area contributed by atoms with E-state index in [1.54, 1.807) is 13.8 Å². The van der Waals surface area contributed by atoms with Crippen LogP contribution in [0, 0.1) is 11.6 Å². The monoisotopic (exact) mass is 545 g/mol. The Morgan fingerprint density at radius 3 is 2.13 bits per heavy atom. The molecule has 0 fully saturated rings. The van der Waals surface area contributed by atoms with Gasteiger partial charge in [-0.3, -0.25) is 4.31 Å². The smallest absolute Gasteiger partial charge is 0.340 e. The molecule has 0 bridgehead atoms. The Kier molecular flexibility index (Phi) is 7.43. The molecule has 38 heavy (non-hydrogen) atoms. The van der Waals surface area contributed by atoms with Gasteiger partial charge >= 0.3 is 5.97 Å². The standard InChI is InChI=1S/C27H25F2NO7S/c1-15(2)36-24-12-20-23(37-26(25(20)27(32)33)17-6-10-19(29)11-7-17)13-21(24)30(38(3,34)35)14-22(31)16-4-8-18(28)9-5-16/h4-13,15,22,31H,14H2,1-3H3,(H,32,33). The predicted molar refractivity (Wildman–Crippen MR) is 138 cm³/mol. The summed E-state index contributed by atoms with van der Waals surface area (Å²) in [5, 5.41) is 20.9. The van der Waals surface area contributed by atoms with E-state index in [9.17, 15) is 32.2 Å². The molecule has 0 aliphatic rings. The lowest BCUT2D eigenvalue weighted by molar-refractivity contribution is 0.0699. The van der Waals surface area contributed by atoms with Crippen molar-refractivity contribution < 1.29 is 41.4 Å². The summed E-state index contributed by atoms with van der Waals surface area (Å²) >= 11 is 0. The van der Waals surface area contributed by atoms with Crippen LogP contribution >= 0.6 is 0 Å². The van der Waals surface area contributed by atoms with E-state index in [0.29, 0.717) is 5.56 Å². The highest BCUT2D eigenvalue weighted by Gasteiger charge is 2.29. The summed E-state index contributed by atoms with van der Waals surface area (Å²) in [5.74, 6) is -2.34. The number of hydrogen-bond donors (Lipinski definition) is 2. The lowest BCUT2D eigenvalue weighted by Gasteiger charge is -2.27. The number of nitrogens with zero attached hydrogens (tertiary/aromatic N) is 1. The Labute approximate surface area is 217 Å². The molecule has 0 aliphatic carbocycles. The third kappa shape index (κ3) is 5.63. The van der Waals surface area contributed by atoms with Crippen molar-refractivity contribution in [1.82, 2.24) is 0 Å². The zero-order chi connectivity index (χ0) is 27.8. The number of fused-ring (bicyclic) bond motifs is 1. The van der Waals surface area contributed by atoms with Crippen molar-refractivity contribution in [2.24, 2.45) is 0 Å². The van der Waals surface area contributed by atoms with Crippen molar-refractivity contribution in [2.45, 2.75) is 26.1 Å². The maximum atomic E-state index is 13.5. The average molecular weight is 546 g/mol. The van der Waals surface area contributed by atoms with Crippen LogP contribution in [-0.2, 0) is 10.0 Å². The summed E-state index contributed by atoms with van der Waals surface area (Å²) in [6, 6.07) is 12.7. The van der Waals surface area contributed by atoms with E-state index < -0.39 is 46.4 Å². The predicted octanol–water partition coefficient (Wildman–Crippen LogP) is 5.36. The highest BCUT2D eigenvalue weighted by Crippen LogP contribution is 2.42. The SMILES string of the molecule is CC(C)Oc1cc2c(C(=O)O)c(-c3ccc(F)cc3)oc2cc1N(CC(O)c1ccc(F)cc1)S(C)(=O)=O. The van der Waals surface area contributed by atoms with Crippen LogP contribution in [0.2, 0.25) is 0 Å². The number of aromatic carboxylic acids is 1. The van der Waals surface area contributed by atoms with Crippen LogP contribution in [0.4, 0.5) is 14.5 Å². The zero-order valence-electron chi connectivity index (χ0n) is 20.7. The summed E-state index contributed by atoms with van der Waals surface area (Å²) in [7, 11) is -4.01. The Morgan fingerprint density at radius 2 is 1.61 bits per heavy atom. The number of aliphatic hydroxyl groups excluding tert-OH is 1. The van der Waals surface area contributed by atoms with Gasteiger partial charge in [0.2, 0.25) is 10.0 Å². The first kappa shape index (κ1) is 27.1. The molecule has 4 aromatic rings. The van der Waals surface area contributed by atoms with Gasteiger partial charge in [-0.25, -0.2) is 22.0 Å². The fourth-order valence-electron chi connectivity index (χ4n) is 4.03. The molecule has 2 N–H and O–H groups in total. The van der Waals surface area contributed by atoms with Crippen molar-refractivity contribution in [2.75, 3.05) is 17.1 Å². The number of rotatable bonds is 9. The molecule has 1 aromatic heterocycles. The van der Waals surface area contributed by atoms with Gasteiger partial charge in [-0.15, -0.1) is 0 Å². The third-order valence-electron chi connectivity index (χ3n) is 5.72. The Morgan fingerprint density at radius 1 is 1.03 bits per heavy atom. The van der Waals surface area contributed by atoms with Gasteiger partial charge < -0.3 is 19.4 Å². The molecule has 0 spiro atoms. The molecule has 8 nitrogen and oxygen atoms in total. The van der Waals surface area contributed by atoms with Crippen LogP contribution in [0.15, 0.2) is 65.1 Å². The number of halogens is 2. The van der Waals surface area contributed by atoms with E-state index in [2.05, 4.69) is 0 Å². The van der Waals surface area contributed by atoms with Crippen LogP contribution in [-0.4, -0.2) is 43.5 Å². The summed E-state index contributed by atoms with van der Waals surface area (Å²) < 4.78 is 65.3. The summed E-state index contributed by atoms with van der Waals surface area (Å²) in [6.07, 6.45) is -0.803. The normalized spacial score (nSPS) is 12.6. The quantitative estimate of drug-likeness (QED) is 0.291. The van der Waals surface area contributed by atoms with Crippen LogP contribution in [0.1, 0.15) is 35.9 Å². The van der Waals surface area contributed by atoms with E-state index >= 15 is 0 Å². The maximum absolute atomic E-state index is 13.5. The second-order valence-corrected chi connectivity index (χ2v) is 10.9. The van der Waals surface area contributed by atoms with Crippen LogP contribution < -0.4 is 9.04 Å². The molecular weight excluding hydrogens is 520 g/mol. The number of hydrogen-bond acceptors (Lipinski definition) is 6. The molecule has 4 rings (SSSR count).